The van der Waals surface area contributed by atoms with E-state index in [1.165, 1.54) is 4.90 Å². The van der Waals surface area contributed by atoms with Crippen molar-refractivity contribution in [2.45, 2.75) is 11.3 Å². The molecular weight excluding hydrogens is 334 g/mol. The Morgan fingerprint density at radius 1 is 1.13 bits per heavy atom. The Morgan fingerprint density at radius 2 is 1.87 bits per heavy atom. The topological polar surface area (TPSA) is 54.9 Å². The lowest BCUT2D eigenvalue weighted by molar-refractivity contribution is 0.0698. The number of hydrogen-bond acceptors (Lipinski definition) is 4. The second-order valence-electron chi connectivity index (χ2n) is 4.69. The summed E-state index contributed by atoms with van der Waals surface area (Å²) in [6.07, 6.45) is 0.934. The summed E-state index contributed by atoms with van der Waals surface area (Å²) in [5.41, 5.74) is 0. The lowest BCUT2D eigenvalue weighted by Crippen LogP contribution is -2.39. The van der Waals surface area contributed by atoms with Crippen LogP contribution in [-0.4, -0.2) is 58.8 Å². The van der Waals surface area contributed by atoms with Crippen molar-refractivity contribution in [2.75, 3.05) is 52.8 Å². The number of rotatable bonds is 11. The van der Waals surface area contributed by atoms with E-state index in [0.29, 0.717) is 13.2 Å². The van der Waals surface area contributed by atoms with Crippen LogP contribution >= 0.6 is 23.4 Å². The van der Waals surface area contributed by atoms with Gasteiger partial charge in [0.05, 0.1) is 13.2 Å². The molecule has 0 aliphatic heterocycles. The van der Waals surface area contributed by atoms with Gasteiger partial charge in [0.15, 0.2) is 5.96 Å². The summed E-state index contributed by atoms with van der Waals surface area (Å²) in [6, 6.07) is 7.88. The Hall–Kier alpha value is -0.950. The first kappa shape index (κ1) is 20.1. The molecule has 0 radical (unpaired) electrons. The minimum Gasteiger partial charge on any atom is -0.382 e. The van der Waals surface area contributed by atoms with Crippen LogP contribution in [0, 0.1) is 0 Å². The highest BCUT2D eigenvalue weighted by molar-refractivity contribution is 7.99. The van der Waals surface area contributed by atoms with Gasteiger partial charge < -0.3 is 20.1 Å². The number of methoxy groups -OCH3 is 1. The van der Waals surface area contributed by atoms with Gasteiger partial charge in [-0.1, -0.05) is 11.6 Å². The van der Waals surface area contributed by atoms with Crippen molar-refractivity contribution in [3.05, 3.63) is 29.3 Å². The minimum atomic E-state index is 0.641. The summed E-state index contributed by atoms with van der Waals surface area (Å²) >= 11 is 7.65. The predicted molar refractivity (Wildman–Crippen MR) is 98.9 cm³/mol. The third-order valence-corrected chi connectivity index (χ3v) is 4.16. The summed E-state index contributed by atoms with van der Waals surface area (Å²) in [5.74, 6) is 1.78. The zero-order valence-electron chi connectivity index (χ0n) is 13.8. The number of thioether (sulfide) groups is 1. The maximum absolute atomic E-state index is 5.87. The molecule has 130 valence electrons. The number of aliphatic imine (C=N–C) groups is 1. The monoisotopic (exact) mass is 359 g/mol. The molecule has 1 aromatic rings. The van der Waals surface area contributed by atoms with Gasteiger partial charge in [-0.25, -0.2) is 0 Å². The number of nitrogens with one attached hydrogen (secondary N) is 2. The second kappa shape index (κ2) is 13.5. The lowest BCUT2D eigenvalue weighted by atomic mass is 10.4. The van der Waals surface area contributed by atoms with Crippen LogP contribution in [0.1, 0.15) is 6.42 Å². The molecule has 5 nitrogen and oxygen atoms in total. The number of benzene rings is 1. The first-order valence-electron chi connectivity index (χ1n) is 7.66. The van der Waals surface area contributed by atoms with Gasteiger partial charge >= 0.3 is 0 Å². The van der Waals surface area contributed by atoms with E-state index in [-0.39, 0.29) is 0 Å². The first-order chi connectivity index (χ1) is 11.3. The molecule has 0 amide bonds. The van der Waals surface area contributed by atoms with Crippen molar-refractivity contribution < 1.29 is 9.47 Å². The van der Waals surface area contributed by atoms with Crippen molar-refractivity contribution in [1.82, 2.24) is 10.6 Å². The van der Waals surface area contributed by atoms with Gasteiger partial charge in [-0.2, -0.15) is 0 Å². The van der Waals surface area contributed by atoms with Crippen molar-refractivity contribution in [3.63, 3.8) is 0 Å². The molecule has 0 aromatic heterocycles. The second-order valence-corrected chi connectivity index (χ2v) is 6.29. The molecule has 7 heteroatoms. The number of ether oxygens (including phenoxy) is 2. The van der Waals surface area contributed by atoms with Gasteiger partial charge in [0.25, 0.3) is 0 Å². The summed E-state index contributed by atoms with van der Waals surface area (Å²) in [6.45, 7) is 3.68. The Morgan fingerprint density at radius 3 is 2.57 bits per heavy atom. The van der Waals surface area contributed by atoms with Crippen LogP contribution in [0.2, 0.25) is 5.02 Å². The molecule has 0 saturated carbocycles. The standard InChI is InChI=1S/C16H26ClN3O2S/c1-18-16(19-8-3-10-22-12-11-21-2)20-9-13-23-15-6-4-14(17)5-7-15/h4-7H,3,8-13H2,1-2H3,(H2,18,19,20). The fourth-order valence-electron chi connectivity index (χ4n) is 1.72. The molecule has 0 fully saturated rings. The van der Waals surface area contributed by atoms with E-state index < -0.39 is 0 Å². The van der Waals surface area contributed by atoms with E-state index in [4.69, 9.17) is 21.1 Å². The highest BCUT2D eigenvalue weighted by Gasteiger charge is 1.98. The van der Waals surface area contributed by atoms with E-state index in [1.807, 2.05) is 24.3 Å². The van der Waals surface area contributed by atoms with Gasteiger partial charge in [-0.3, -0.25) is 4.99 Å². The summed E-state index contributed by atoms with van der Waals surface area (Å²) in [7, 11) is 3.45. The molecule has 0 aliphatic carbocycles. The fraction of sp³-hybridized carbons (Fsp3) is 0.562. The highest BCUT2D eigenvalue weighted by Crippen LogP contribution is 2.19. The molecule has 1 aromatic carbocycles. The third-order valence-electron chi connectivity index (χ3n) is 2.89. The predicted octanol–water partition coefficient (Wildman–Crippen LogP) is 2.65. The van der Waals surface area contributed by atoms with E-state index in [0.717, 1.165) is 42.9 Å². The van der Waals surface area contributed by atoms with Gasteiger partial charge in [-0.05, 0) is 30.7 Å². The van der Waals surface area contributed by atoms with Crippen molar-refractivity contribution in [2.24, 2.45) is 4.99 Å². The number of hydrogen-bond donors (Lipinski definition) is 2. The smallest absolute Gasteiger partial charge is 0.191 e. The average Bonchev–Trinajstić information content (AvgIpc) is 2.57. The van der Waals surface area contributed by atoms with Crippen LogP contribution in [-0.2, 0) is 9.47 Å². The number of guanidine groups is 1. The van der Waals surface area contributed by atoms with E-state index in [1.54, 1.807) is 25.9 Å². The molecule has 2 N–H and O–H groups in total. The molecule has 23 heavy (non-hydrogen) atoms. The van der Waals surface area contributed by atoms with Crippen molar-refractivity contribution >= 4 is 29.3 Å². The number of halogens is 1. The normalized spacial score (nSPS) is 11.5. The zero-order valence-corrected chi connectivity index (χ0v) is 15.4. The Bertz CT molecular complexity index is 443. The molecule has 0 spiro atoms. The lowest BCUT2D eigenvalue weighted by Gasteiger charge is -2.11. The van der Waals surface area contributed by atoms with Crippen LogP contribution < -0.4 is 10.6 Å². The summed E-state index contributed by atoms with van der Waals surface area (Å²) in [4.78, 5) is 5.41. The van der Waals surface area contributed by atoms with Crippen molar-refractivity contribution in [3.8, 4) is 0 Å². The highest BCUT2D eigenvalue weighted by atomic mass is 35.5. The summed E-state index contributed by atoms with van der Waals surface area (Å²) < 4.78 is 10.3. The largest absolute Gasteiger partial charge is 0.382 e. The maximum atomic E-state index is 5.87. The molecule has 0 unspecified atom stereocenters. The van der Waals surface area contributed by atoms with Crippen LogP contribution in [0.5, 0.6) is 0 Å². The molecule has 1 rings (SSSR count). The molecule has 0 saturated heterocycles. The fourth-order valence-corrected chi connectivity index (χ4v) is 2.61. The first-order valence-corrected chi connectivity index (χ1v) is 9.02. The maximum Gasteiger partial charge on any atom is 0.191 e. The van der Waals surface area contributed by atoms with E-state index >= 15 is 0 Å². The Balaban J connectivity index is 2.04. The van der Waals surface area contributed by atoms with Crippen LogP contribution in [0.25, 0.3) is 0 Å². The van der Waals surface area contributed by atoms with Crippen LogP contribution in [0.4, 0.5) is 0 Å². The van der Waals surface area contributed by atoms with Gasteiger partial charge in [-0.15, -0.1) is 11.8 Å². The Kier molecular flexibility index (Phi) is 11.8. The number of nitrogens with zero attached hydrogens (tertiary/aromatic N) is 1. The van der Waals surface area contributed by atoms with Gasteiger partial charge in [0, 0.05) is 49.5 Å². The van der Waals surface area contributed by atoms with E-state index in [2.05, 4.69) is 15.6 Å². The molecule has 0 heterocycles. The van der Waals surface area contributed by atoms with Gasteiger partial charge in [0.2, 0.25) is 0 Å². The van der Waals surface area contributed by atoms with Crippen LogP contribution in [0.3, 0.4) is 0 Å². The molecular formula is C16H26ClN3O2S. The third kappa shape index (κ3) is 10.4. The molecule has 0 bridgehead atoms. The SMILES string of the molecule is CN=C(NCCCOCCOC)NCCSc1ccc(Cl)cc1. The minimum absolute atomic E-state index is 0.641. The quantitative estimate of drug-likeness (QED) is 0.275. The van der Waals surface area contributed by atoms with Crippen molar-refractivity contribution in [1.29, 1.82) is 0 Å². The van der Waals surface area contributed by atoms with E-state index in [9.17, 15) is 0 Å². The molecule has 0 atom stereocenters. The zero-order chi connectivity index (χ0) is 16.8. The van der Waals surface area contributed by atoms with Gasteiger partial charge in [0.1, 0.15) is 0 Å². The summed E-state index contributed by atoms with van der Waals surface area (Å²) in [5, 5.41) is 7.33. The van der Waals surface area contributed by atoms with Crippen LogP contribution in [0.15, 0.2) is 34.2 Å². The Labute approximate surface area is 148 Å². The average molecular weight is 360 g/mol. The molecule has 0 aliphatic rings.